The standard InChI is InChI=1S/C18H26BrN3O2/c19-16-2-1-3-17(12-16)20-18(23)14-21-6-4-15(5-7-21)13-22-8-10-24-11-9-22/h1-3,12,15H,4-11,13-14H2,(H,20,23). The summed E-state index contributed by atoms with van der Waals surface area (Å²) in [6.07, 6.45) is 2.36. The molecular formula is C18H26BrN3O2. The molecule has 0 spiro atoms. The zero-order valence-electron chi connectivity index (χ0n) is 14.0. The van der Waals surface area contributed by atoms with Gasteiger partial charge in [-0.3, -0.25) is 14.6 Å². The predicted octanol–water partition coefficient (Wildman–Crippen LogP) is 2.43. The third kappa shape index (κ3) is 5.55. The number of morpholine rings is 1. The quantitative estimate of drug-likeness (QED) is 0.831. The summed E-state index contributed by atoms with van der Waals surface area (Å²) in [5, 5.41) is 2.97. The van der Waals surface area contributed by atoms with Gasteiger partial charge in [-0.2, -0.15) is 0 Å². The van der Waals surface area contributed by atoms with Gasteiger partial charge in [0.25, 0.3) is 0 Å². The average molecular weight is 396 g/mol. The van der Waals surface area contributed by atoms with E-state index in [4.69, 9.17) is 4.74 Å². The molecule has 0 unspecified atom stereocenters. The number of carbonyl (C=O) groups is 1. The minimum atomic E-state index is 0.0692. The van der Waals surface area contributed by atoms with E-state index >= 15 is 0 Å². The molecule has 2 aliphatic heterocycles. The Morgan fingerprint density at radius 1 is 1.17 bits per heavy atom. The second kappa shape index (κ2) is 8.94. The number of benzene rings is 1. The number of nitrogens with zero attached hydrogens (tertiary/aromatic N) is 2. The molecule has 0 aliphatic carbocycles. The number of rotatable bonds is 5. The van der Waals surface area contributed by atoms with Gasteiger partial charge in [-0.15, -0.1) is 0 Å². The molecule has 3 rings (SSSR count). The molecule has 6 heteroatoms. The molecule has 1 aromatic rings. The highest BCUT2D eigenvalue weighted by Gasteiger charge is 2.23. The normalized spacial score (nSPS) is 20.9. The van der Waals surface area contributed by atoms with Crippen molar-refractivity contribution in [3.63, 3.8) is 0 Å². The first-order valence-corrected chi connectivity index (χ1v) is 9.56. The number of halogens is 1. The van der Waals surface area contributed by atoms with Gasteiger partial charge in [0, 0.05) is 29.8 Å². The lowest BCUT2D eigenvalue weighted by molar-refractivity contribution is -0.117. The van der Waals surface area contributed by atoms with Gasteiger partial charge in [-0.25, -0.2) is 0 Å². The molecule has 0 atom stereocenters. The highest BCUT2D eigenvalue weighted by atomic mass is 79.9. The van der Waals surface area contributed by atoms with Crippen LogP contribution in [0, 0.1) is 5.92 Å². The summed E-state index contributed by atoms with van der Waals surface area (Å²) >= 11 is 3.42. The summed E-state index contributed by atoms with van der Waals surface area (Å²) in [6, 6.07) is 7.72. The fourth-order valence-electron chi connectivity index (χ4n) is 3.45. The maximum absolute atomic E-state index is 12.2. The molecule has 0 bridgehead atoms. The molecule has 5 nitrogen and oxygen atoms in total. The maximum Gasteiger partial charge on any atom is 0.238 e. The Balaban J connectivity index is 1.37. The van der Waals surface area contributed by atoms with Crippen LogP contribution in [0.1, 0.15) is 12.8 Å². The first kappa shape index (κ1) is 17.9. The van der Waals surface area contributed by atoms with Crippen molar-refractivity contribution in [1.82, 2.24) is 9.80 Å². The summed E-state index contributed by atoms with van der Waals surface area (Å²) < 4.78 is 6.38. The highest BCUT2D eigenvalue weighted by Crippen LogP contribution is 2.19. The third-order valence-corrected chi connectivity index (χ3v) is 5.30. The van der Waals surface area contributed by atoms with Gasteiger partial charge < -0.3 is 10.1 Å². The van der Waals surface area contributed by atoms with Crippen molar-refractivity contribution >= 4 is 27.5 Å². The number of amides is 1. The summed E-state index contributed by atoms with van der Waals surface area (Å²) in [6.45, 7) is 7.56. The molecule has 0 saturated carbocycles. The van der Waals surface area contributed by atoms with E-state index in [1.54, 1.807) is 0 Å². The Bertz CT molecular complexity index is 541. The van der Waals surface area contributed by atoms with Crippen LogP contribution >= 0.6 is 15.9 Å². The van der Waals surface area contributed by atoms with E-state index in [1.807, 2.05) is 24.3 Å². The van der Waals surface area contributed by atoms with Crippen molar-refractivity contribution in [2.24, 2.45) is 5.92 Å². The largest absolute Gasteiger partial charge is 0.379 e. The van der Waals surface area contributed by atoms with Gasteiger partial charge in [-0.1, -0.05) is 22.0 Å². The van der Waals surface area contributed by atoms with Gasteiger partial charge in [0.1, 0.15) is 0 Å². The zero-order chi connectivity index (χ0) is 16.8. The van der Waals surface area contributed by atoms with E-state index < -0.39 is 0 Å². The predicted molar refractivity (Wildman–Crippen MR) is 99.2 cm³/mol. The Hall–Kier alpha value is -0.950. The number of nitrogens with one attached hydrogen (secondary N) is 1. The molecule has 132 valence electrons. The van der Waals surface area contributed by atoms with E-state index in [9.17, 15) is 4.79 Å². The van der Waals surface area contributed by atoms with Crippen LogP contribution in [0.25, 0.3) is 0 Å². The molecule has 2 fully saturated rings. The average Bonchev–Trinajstić information content (AvgIpc) is 2.57. The Morgan fingerprint density at radius 2 is 1.92 bits per heavy atom. The Labute approximate surface area is 152 Å². The first-order valence-electron chi connectivity index (χ1n) is 8.77. The topological polar surface area (TPSA) is 44.8 Å². The van der Waals surface area contributed by atoms with E-state index in [0.717, 1.165) is 55.5 Å². The van der Waals surface area contributed by atoms with Crippen molar-refractivity contribution in [1.29, 1.82) is 0 Å². The van der Waals surface area contributed by atoms with Crippen LogP contribution in [-0.4, -0.2) is 68.2 Å². The van der Waals surface area contributed by atoms with E-state index in [-0.39, 0.29) is 5.91 Å². The van der Waals surface area contributed by atoms with E-state index in [0.29, 0.717) is 6.54 Å². The van der Waals surface area contributed by atoms with Crippen LogP contribution in [0.5, 0.6) is 0 Å². The second-order valence-electron chi connectivity index (χ2n) is 6.69. The molecule has 0 radical (unpaired) electrons. The number of hydrogen-bond donors (Lipinski definition) is 1. The van der Waals surface area contributed by atoms with Crippen LogP contribution in [0.15, 0.2) is 28.7 Å². The van der Waals surface area contributed by atoms with Gasteiger partial charge in [0.15, 0.2) is 0 Å². The summed E-state index contributed by atoms with van der Waals surface area (Å²) in [5.41, 5.74) is 0.844. The number of carbonyl (C=O) groups excluding carboxylic acids is 1. The molecule has 2 aliphatic rings. The smallest absolute Gasteiger partial charge is 0.238 e. The lowest BCUT2D eigenvalue weighted by Crippen LogP contribution is -2.44. The van der Waals surface area contributed by atoms with E-state index in [2.05, 4.69) is 31.0 Å². The van der Waals surface area contributed by atoms with Crippen LogP contribution < -0.4 is 5.32 Å². The van der Waals surface area contributed by atoms with Crippen LogP contribution in [0.3, 0.4) is 0 Å². The van der Waals surface area contributed by atoms with Crippen LogP contribution in [-0.2, 0) is 9.53 Å². The van der Waals surface area contributed by atoms with Crippen molar-refractivity contribution in [3.8, 4) is 0 Å². The monoisotopic (exact) mass is 395 g/mol. The fraction of sp³-hybridized carbons (Fsp3) is 0.611. The summed E-state index contributed by atoms with van der Waals surface area (Å²) in [7, 11) is 0. The molecule has 2 saturated heterocycles. The highest BCUT2D eigenvalue weighted by molar-refractivity contribution is 9.10. The molecule has 1 aromatic carbocycles. The SMILES string of the molecule is O=C(CN1CCC(CN2CCOCC2)CC1)Nc1cccc(Br)c1. The lowest BCUT2D eigenvalue weighted by atomic mass is 9.96. The maximum atomic E-state index is 12.2. The zero-order valence-corrected chi connectivity index (χ0v) is 15.6. The molecule has 24 heavy (non-hydrogen) atoms. The minimum absolute atomic E-state index is 0.0692. The number of piperidine rings is 1. The van der Waals surface area contributed by atoms with Crippen molar-refractivity contribution < 1.29 is 9.53 Å². The molecule has 0 aromatic heterocycles. The number of ether oxygens (including phenoxy) is 1. The van der Waals surface area contributed by atoms with Crippen molar-refractivity contribution in [2.45, 2.75) is 12.8 Å². The Kier molecular flexibility index (Phi) is 6.66. The number of anilines is 1. The minimum Gasteiger partial charge on any atom is -0.379 e. The van der Waals surface area contributed by atoms with Crippen LogP contribution in [0.4, 0.5) is 5.69 Å². The first-order chi connectivity index (χ1) is 11.7. The number of likely N-dealkylation sites (tertiary alicyclic amines) is 1. The van der Waals surface area contributed by atoms with E-state index in [1.165, 1.54) is 19.4 Å². The van der Waals surface area contributed by atoms with Gasteiger partial charge in [0.05, 0.1) is 19.8 Å². The molecule has 1 N–H and O–H groups in total. The molecule has 1 amide bonds. The van der Waals surface area contributed by atoms with Crippen molar-refractivity contribution in [3.05, 3.63) is 28.7 Å². The number of hydrogen-bond acceptors (Lipinski definition) is 4. The summed E-state index contributed by atoms with van der Waals surface area (Å²) in [5.74, 6) is 0.826. The van der Waals surface area contributed by atoms with Crippen molar-refractivity contribution in [2.75, 3.05) is 57.8 Å². The Morgan fingerprint density at radius 3 is 2.62 bits per heavy atom. The van der Waals surface area contributed by atoms with Crippen LogP contribution in [0.2, 0.25) is 0 Å². The lowest BCUT2D eigenvalue weighted by Gasteiger charge is -2.35. The van der Waals surface area contributed by atoms with Gasteiger partial charge in [-0.05, 0) is 50.0 Å². The van der Waals surface area contributed by atoms with Gasteiger partial charge >= 0.3 is 0 Å². The fourth-order valence-corrected chi connectivity index (χ4v) is 3.85. The molecule has 2 heterocycles. The third-order valence-electron chi connectivity index (χ3n) is 4.80. The molecular weight excluding hydrogens is 370 g/mol. The second-order valence-corrected chi connectivity index (χ2v) is 7.61. The summed E-state index contributed by atoms with van der Waals surface area (Å²) in [4.78, 5) is 17.0. The van der Waals surface area contributed by atoms with Gasteiger partial charge in [0.2, 0.25) is 5.91 Å².